The Balaban J connectivity index is 0.000000402. The quantitative estimate of drug-likeness (QED) is 0.226. The Morgan fingerprint density at radius 2 is 0.425 bits per heavy atom. The predicted molar refractivity (Wildman–Crippen MR) is 341 cm³/mol. The van der Waals surface area contributed by atoms with Crippen molar-refractivity contribution in [1.29, 1.82) is 0 Å². The van der Waals surface area contributed by atoms with Gasteiger partial charge in [0, 0.05) is 99.7 Å². The average Bonchev–Trinajstić information content (AvgIpc) is 4.28. The molecule has 0 aromatic heterocycles. The van der Waals surface area contributed by atoms with E-state index in [0.717, 1.165) is 98.8 Å². The van der Waals surface area contributed by atoms with Crippen LogP contribution < -0.4 is 10.6 Å². The molecular formula is C58H118N2O6S7. The van der Waals surface area contributed by atoms with Gasteiger partial charge in [-0.1, -0.05) is 83.5 Å². The van der Waals surface area contributed by atoms with E-state index in [4.69, 9.17) is 28.4 Å². The van der Waals surface area contributed by atoms with Crippen LogP contribution in [0.5, 0.6) is 0 Å². The monoisotopic (exact) mass is 1160 g/mol. The van der Waals surface area contributed by atoms with Crippen LogP contribution in [-0.2, 0) is 28.4 Å². The van der Waals surface area contributed by atoms with Crippen molar-refractivity contribution >= 4 is 82.3 Å². The maximum absolute atomic E-state index is 5.19. The molecule has 15 heteroatoms. The maximum Gasteiger partial charge on any atom is 0.0700 e. The molecule has 11 rings (SSSR count). The highest BCUT2D eigenvalue weighted by Crippen LogP contribution is 2.18. The Morgan fingerprint density at radius 1 is 0.151 bits per heavy atom. The van der Waals surface area contributed by atoms with E-state index in [-0.39, 0.29) is 0 Å². The first-order chi connectivity index (χ1) is 36.5. The molecule has 2 N–H and O–H groups in total. The predicted octanol–water partition coefficient (Wildman–Crippen LogP) is 15.3. The summed E-state index contributed by atoms with van der Waals surface area (Å²) >= 11 is 14.5. The lowest BCUT2D eigenvalue weighted by atomic mass is 10.2. The normalized spacial score (nSPS) is 24.0. The molecule has 0 radical (unpaired) electrons. The summed E-state index contributed by atoms with van der Waals surface area (Å²) in [6.07, 6.45) is 39.1. The third-order valence-electron chi connectivity index (χ3n) is 12.4. The molecule has 10 heterocycles. The summed E-state index contributed by atoms with van der Waals surface area (Å²) in [7, 11) is 0. The number of piperidine rings is 1. The molecule has 11 aliphatic rings. The fraction of sp³-hybridized carbons (Fsp3) is 1.00. The van der Waals surface area contributed by atoms with Gasteiger partial charge < -0.3 is 39.1 Å². The first kappa shape index (κ1) is 73.1. The smallest absolute Gasteiger partial charge is 0.0700 e. The minimum atomic E-state index is 0.778. The second-order valence-electron chi connectivity index (χ2n) is 19.4. The molecule has 438 valence electrons. The van der Waals surface area contributed by atoms with Crippen LogP contribution in [0.4, 0.5) is 0 Å². The molecule has 0 bridgehead atoms. The maximum atomic E-state index is 5.19. The molecular weight excluding hydrogens is 1050 g/mol. The molecule has 1 aliphatic carbocycles. The topological polar surface area (TPSA) is 79.4 Å². The Morgan fingerprint density at radius 3 is 0.890 bits per heavy atom. The van der Waals surface area contributed by atoms with Crippen LogP contribution in [0.2, 0.25) is 0 Å². The van der Waals surface area contributed by atoms with Gasteiger partial charge in [-0.25, -0.2) is 0 Å². The SMILES string of the molecule is C1CCCCCC1.C1CCCOCC1.C1CCCSCC1.C1CCNCC1.C1CCOCC1.C1CCSCC1.C1CNCCOC1.C1COCCOC1.C1COCCSC1.C1CSCCS1.C1CSCCSC1. The van der Waals surface area contributed by atoms with Gasteiger partial charge in [0.25, 0.3) is 0 Å². The first-order valence-corrected chi connectivity index (χ1v) is 38.5. The van der Waals surface area contributed by atoms with E-state index in [0.29, 0.717) is 0 Å². The zero-order chi connectivity index (χ0) is 51.6. The highest BCUT2D eigenvalue weighted by Gasteiger charge is 2.01. The lowest BCUT2D eigenvalue weighted by molar-refractivity contribution is 0.0968. The molecule has 10 aliphatic heterocycles. The zero-order valence-corrected chi connectivity index (χ0v) is 53.0. The lowest BCUT2D eigenvalue weighted by Crippen LogP contribution is -2.21. The van der Waals surface area contributed by atoms with Crippen LogP contribution in [0.3, 0.4) is 0 Å². The van der Waals surface area contributed by atoms with Crippen molar-refractivity contribution in [2.24, 2.45) is 0 Å². The Labute approximate surface area is 483 Å². The van der Waals surface area contributed by atoms with E-state index >= 15 is 0 Å². The minimum absolute atomic E-state index is 0.778. The summed E-state index contributed by atoms with van der Waals surface area (Å²) in [6.45, 7) is 15.7. The Hall–Kier alpha value is 2.13. The summed E-state index contributed by atoms with van der Waals surface area (Å²) in [4.78, 5) is 0. The average molecular weight is 1160 g/mol. The molecule has 1 saturated carbocycles. The van der Waals surface area contributed by atoms with E-state index in [2.05, 4.69) is 81.2 Å². The molecule has 0 aromatic carbocycles. The number of nitrogens with one attached hydrogen (secondary N) is 2. The third kappa shape index (κ3) is 68.3. The van der Waals surface area contributed by atoms with E-state index in [1.54, 1.807) is 0 Å². The van der Waals surface area contributed by atoms with Gasteiger partial charge >= 0.3 is 0 Å². The number of hydrogen-bond donors (Lipinski definition) is 2. The van der Waals surface area contributed by atoms with Gasteiger partial charge in [-0.2, -0.15) is 82.3 Å². The molecule has 0 amide bonds. The molecule has 8 nitrogen and oxygen atoms in total. The van der Waals surface area contributed by atoms with Crippen LogP contribution in [-0.4, -0.2) is 186 Å². The van der Waals surface area contributed by atoms with Crippen molar-refractivity contribution in [3.05, 3.63) is 0 Å². The van der Waals surface area contributed by atoms with Crippen molar-refractivity contribution in [3.8, 4) is 0 Å². The van der Waals surface area contributed by atoms with Gasteiger partial charge in [0.2, 0.25) is 0 Å². The van der Waals surface area contributed by atoms with Crippen molar-refractivity contribution in [1.82, 2.24) is 10.6 Å². The molecule has 0 atom stereocenters. The molecule has 10 saturated heterocycles. The second kappa shape index (κ2) is 70.2. The van der Waals surface area contributed by atoms with E-state index in [1.165, 1.54) is 267 Å². The molecule has 0 aromatic rings. The van der Waals surface area contributed by atoms with Gasteiger partial charge in [-0.3, -0.25) is 0 Å². The molecule has 73 heavy (non-hydrogen) atoms. The number of hydrogen-bond acceptors (Lipinski definition) is 15. The summed E-state index contributed by atoms with van der Waals surface area (Å²) in [5, 5.41) is 6.51. The van der Waals surface area contributed by atoms with Gasteiger partial charge in [0.1, 0.15) is 0 Å². The van der Waals surface area contributed by atoms with Gasteiger partial charge in [0.05, 0.1) is 26.4 Å². The van der Waals surface area contributed by atoms with Gasteiger partial charge in [0.15, 0.2) is 0 Å². The largest absolute Gasteiger partial charge is 0.381 e. The van der Waals surface area contributed by atoms with E-state index in [1.807, 2.05) is 11.8 Å². The molecule has 0 unspecified atom stereocenters. The van der Waals surface area contributed by atoms with Gasteiger partial charge in [-0.15, -0.1) is 0 Å². The van der Waals surface area contributed by atoms with Gasteiger partial charge in [-0.05, 0) is 156 Å². The van der Waals surface area contributed by atoms with Crippen LogP contribution in [0.1, 0.15) is 180 Å². The second-order valence-corrected chi connectivity index (χ2v) is 27.9. The number of ether oxygens (including phenoxy) is 6. The Kier molecular flexibility index (Phi) is 70.4. The summed E-state index contributed by atoms with van der Waals surface area (Å²) in [5.74, 6) is 19.2. The van der Waals surface area contributed by atoms with E-state index in [9.17, 15) is 0 Å². The first-order valence-electron chi connectivity index (χ1n) is 30.4. The number of thioether (sulfide) groups is 7. The fourth-order valence-corrected chi connectivity index (χ4v) is 15.3. The van der Waals surface area contributed by atoms with Crippen LogP contribution in [0.15, 0.2) is 0 Å². The zero-order valence-electron chi connectivity index (χ0n) is 47.3. The van der Waals surface area contributed by atoms with Crippen molar-refractivity contribution in [2.45, 2.75) is 180 Å². The van der Waals surface area contributed by atoms with E-state index < -0.39 is 0 Å². The molecule has 11 fully saturated rings. The lowest BCUT2D eigenvalue weighted by Gasteiger charge is -2.08. The molecule has 0 spiro atoms. The third-order valence-corrected chi connectivity index (χ3v) is 20.7. The Bertz CT molecular complexity index is 593. The van der Waals surface area contributed by atoms with Crippen molar-refractivity contribution in [2.75, 3.05) is 186 Å². The fourth-order valence-electron chi connectivity index (χ4n) is 8.01. The van der Waals surface area contributed by atoms with Crippen molar-refractivity contribution in [3.63, 3.8) is 0 Å². The summed E-state index contributed by atoms with van der Waals surface area (Å²) in [5.41, 5.74) is 0. The standard InChI is InChI=1S/C7H14.C6H12O.C6H12S.C5H11NO.C5H11N.C5H10O2.C5H10OS.C5H10O.C5H10S2.C5H10S.C4H8S2/c3*1-2-4-6-7-5-3-1;1-2-6-3-5-7-4-1;1-2-4-6-5-3-1;1-2-6-4-5-7-3-1;1-2-6-3-5-7-4-1;1-2-4-6-5-3-1;1-2-6-4-5-7-3-1;1-2-4-6-5-3-1;1-2-6-4-3-5-1/h1-7H2;2*1-6H2;6H,1-5H2;6H,1-5H2;2*1-5H2;1-5H2;1-5H2;1-5H2;1-4H2. The highest BCUT2D eigenvalue weighted by molar-refractivity contribution is 8.06. The highest BCUT2D eigenvalue weighted by atomic mass is 32.2. The van der Waals surface area contributed by atoms with Crippen LogP contribution in [0.25, 0.3) is 0 Å². The van der Waals surface area contributed by atoms with Crippen LogP contribution >= 0.6 is 82.3 Å². The summed E-state index contributed by atoms with van der Waals surface area (Å²) in [6, 6.07) is 0. The minimum Gasteiger partial charge on any atom is -0.381 e. The summed E-state index contributed by atoms with van der Waals surface area (Å²) < 4.78 is 30.7. The van der Waals surface area contributed by atoms with Crippen molar-refractivity contribution < 1.29 is 28.4 Å². The van der Waals surface area contributed by atoms with Crippen LogP contribution in [0, 0.1) is 0 Å². The number of rotatable bonds is 0.